The normalized spacial score (nSPS) is 11.5. The van der Waals surface area contributed by atoms with Crippen molar-refractivity contribution in [2.45, 2.75) is 13.3 Å². The van der Waals surface area contributed by atoms with Crippen molar-refractivity contribution in [2.24, 2.45) is 0 Å². The number of halogens is 3. The maximum Gasteiger partial charge on any atom is 0.573 e. The van der Waals surface area contributed by atoms with Crippen LogP contribution in [0.3, 0.4) is 0 Å². The average Bonchev–Trinajstić information content (AvgIpc) is 3.09. The Morgan fingerprint density at radius 1 is 1.07 bits per heavy atom. The number of ether oxygens (including phenoxy) is 1. The molecular formula is C21H14F3N3O3. The topological polar surface area (TPSA) is 77.2 Å². The molecule has 0 unspecified atom stereocenters. The molecule has 1 N–H and O–H groups in total. The number of carbonyl (C=O) groups excluding carboxylic acids is 1. The molecule has 0 saturated carbocycles. The number of carbonyl (C=O) groups is 1. The van der Waals surface area contributed by atoms with E-state index in [9.17, 15) is 18.0 Å². The number of aromatic nitrogens is 2. The van der Waals surface area contributed by atoms with E-state index in [1.54, 1.807) is 13.0 Å². The van der Waals surface area contributed by atoms with Gasteiger partial charge in [0.2, 0.25) is 0 Å². The first kappa shape index (κ1) is 19.4. The van der Waals surface area contributed by atoms with Gasteiger partial charge in [0.1, 0.15) is 0 Å². The summed E-state index contributed by atoms with van der Waals surface area (Å²) >= 11 is 0. The highest BCUT2D eigenvalue weighted by atomic mass is 19.4. The van der Waals surface area contributed by atoms with Gasteiger partial charge in [-0.15, -0.1) is 13.2 Å². The predicted octanol–water partition coefficient (Wildman–Crippen LogP) is 5.35. The molecule has 0 aliphatic carbocycles. The summed E-state index contributed by atoms with van der Waals surface area (Å²) in [6, 6.07) is 15.9. The summed E-state index contributed by atoms with van der Waals surface area (Å²) in [6.07, 6.45) is -4.89. The van der Waals surface area contributed by atoms with Crippen LogP contribution >= 0.6 is 0 Å². The summed E-state index contributed by atoms with van der Waals surface area (Å²) in [5.41, 5.74) is 1.83. The second kappa shape index (κ2) is 7.51. The predicted molar refractivity (Wildman–Crippen MR) is 103 cm³/mol. The van der Waals surface area contributed by atoms with E-state index in [0.29, 0.717) is 16.8 Å². The maximum absolute atomic E-state index is 13.0. The van der Waals surface area contributed by atoms with Crippen molar-refractivity contribution in [3.63, 3.8) is 0 Å². The van der Waals surface area contributed by atoms with Crippen molar-refractivity contribution in [3.8, 4) is 17.0 Å². The number of aryl methyl sites for hydroxylation is 1. The first-order valence-electron chi connectivity index (χ1n) is 8.80. The molecule has 0 fully saturated rings. The van der Waals surface area contributed by atoms with Crippen molar-refractivity contribution in [1.82, 2.24) is 10.1 Å². The fourth-order valence-corrected chi connectivity index (χ4v) is 3.00. The number of nitrogens with zero attached hydrogens (tertiary/aromatic N) is 2. The molecule has 152 valence electrons. The van der Waals surface area contributed by atoms with Gasteiger partial charge in [-0.3, -0.25) is 4.79 Å². The van der Waals surface area contributed by atoms with Crippen LogP contribution in [0.25, 0.3) is 22.4 Å². The molecule has 0 atom stereocenters. The van der Waals surface area contributed by atoms with Crippen LogP contribution in [0.1, 0.15) is 16.1 Å². The van der Waals surface area contributed by atoms with Crippen LogP contribution < -0.4 is 10.1 Å². The molecule has 0 saturated heterocycles. The van der Waals surface area contributed by atoms with E-state index in [2.05, 4.69) is 20.2 Å². The highest BCUT2D eigenvalue weighted by molar-refractivity contribution is 6.13. The number of anilines is 1. The van der Waals surface area contributed by atoms with Crippen LogP contribution in [-0.2, 0) is 0 Å². The summed E-state index contributed by atoms with van der Waals surface area (Å²) in [5, 5.41) is 6.71. The molecule has 9 heteroatoms. The number of pyridine rings is 1. The zero-order chi connectivity index (χ0) is 21.3. The van der Waals surface area contributed by atoms with Gasteiger partial charge in [-0.05, 0) is 25.1 Å². The van der Waals surface area contributed by atoms with Gasteiger partial charge >= 0.3 is 6.36 Å². The van der Waals surface area contributed by atoms with Gasteiger partial charge in [0.25, 0.3) is 11.6 Å². The number of fused-ring (bicyclic) bond motifs is 1. The highest BCUT2D eigenvalue weighted by Gasteiger charge is 2.32. The van der Waals surface area contributed by atoms with Gasteiger partial charge in [-0.2, -0.15) is 0 Å². The lowest BCUT2D eigenvalue weighted by atomic mass is 10.0. The molecule has 30 heavy (non-hydrogen) atoms. The third-order valence-electron chi connectivity index (χ3n) is 4.29. The van der Waals surface area contributed by atoms with Gasteiger partial charge < -0.3 is 14.6 Å². The Morgan fingerprint density at radius 2 is 1.77 bits per heavy atom. The molecule has 2 aromatic heterocycles. The Balaban J connectivity index is 1.76. The first-order chi connectivity index (χ1) is 14.3. The van der Waals surface area contributed by atoms with Crippen molar-refractivity contribution in [1.29, 1.82) is 0 Å². The molecule has 2 heterocycles. The SMILES string of the molecule is Cc1noc2nc(-c3ccccc3)cc(C(=O)Nc3ccccc3OC(F)(F)F)c12. The number of hydrogen-bond acceptors (Lipinski definition) is 5. The summed E-state index contributed by atoms with van der Waals surface area (Å²) in [4.78, 5) is 17.4. The number of para-hydroxylation sites is 2. The number of alkyl halides is 3. The second-order valence-electron chi connectivity index (χ2n) is 6.37. The van der Waals surface area contributed by atoms with E-state index in [-0.39, 0.29) is 17.0 Å². The van der Waals surface area contributed by atoms with E-state index in [1.165, 1.54) is 18.2 Å². The standard InChI is InChI=1S/C21H14F3N3O3/c1-12-18-14(11-16(26-20(18)30-27-12)13-7-3-2-4-8-13)19(28)25-15-9-5-6-10-17(15)29-21(22,23)24/h2-11H,1H3,(H,25,28). The Kier molecular flexibility index (Phi) is 4.86. The molecule has 1 amide bonds. The van der Waals surface area contributed by atoms with Gasteiger partial charge in [-0.25, -0.2) is 4.98 Å². The number of benzene rings is 2. The van der Waals surface area contributed by atoms with E-state index in [0.717, 1.165) is 11.6 Å². The molecule has 0 aliphatic heterocycles. The fraction of sp³-hybridized carbons (Fsp3) is 0.0952. The second-order valence-corrected chi connectivity index (χ2v) is 6.37. The molecule has 0 bridgehead atoms. The van der Waals surface area contributed by atoms with Crippen LogP contribution in [-0.4, -0.2) is 22.4 Å². The smallest absolute Gasteiger partial charge is 0.404 e. The summed E-state index contributed by atoms with van der Waals surface area (Å²) in [7, 11) is 0. The van der Waals surface area contributed by atoms with Gasteiger partial charge in [0.15, 0.2) is 5.75 Å². The van der Waals surface area contributed by atoms with Gasteiger partial charge in [0, 0.05) is 5.56 Å². The Morgan fingerprint density at radius 3 is 2.50 bits per heavy atom. The molecule has 4 rings (SSSR count). The number of nitrogens with one attached hydrogen (secondary N) is 1. The fourth-order valence-electron chi connectivity index (χ4n) is 3.00. The summed E-state index contributed by atoms with van der Waals surface area (Å²) in [6.45, 7) is 1.65. The van der Waals surface area contributed by atoms with Crippen molar-refractivity contribution < 1.29 is 27.2 Å². The zero-order valence-corrected chi connectivity index (χ0v) is 15.5. The minimum atomic E-state index is -4.89. The molecular weight excluding hydrogens is 399 g/mol. The molecule has 6 nitrogen and oxygen atoms in total. The Hall–Kier alpha value is -3.88. The highest BCUT2D eigenvalue weighted by Crippen LogP contribution is 2.32. The van der Waals surface area contributed by atoms with Crippen molar-refractivity contribution in [2.75, 3.05) is 5.32 Å². The lowest BCUT2D eigenvalue weighted by Crippen LogP contribution is -2.19. The van der Waals surface area contributed by atoms with Crippen LogP contribution in [0.4, 0.5) is 18.9 Å². The summed E-state index contributed by atoms with van der Waals surface area (Å²) < 4.78 is 47.3. The molecule has 4 aromatic rings. The van der Waals surface area contributed by atoms with Gasteiger partial charge in [0.05, 0.1) is 28.0 Å². The van der Waals surface area contributed by atoms with Crippen LogP contribution in [0.2, 0.25) is 0 Å². The third-order valence-corrected chi connectivity index (χ3v) is 4.29. The molecule has 0 aliphatic rings. The average molecular weight is 413 g/mol. The zero-order valence-electron chi connectivity index (χ0n) is 15.5. The van der Waals surface area contributed by atoms with E-state index in [1.807, 2.05) is 30.3 Å². The monoisotopic (exact) mass is 413 g/mol. The minimum absolute atomic E-state index is 0.125. The summed E-state index contributed by atoms with van der Waals surface area (Å²) in [5.74, 6) is -1.17. The van der Waals surface area contributed by atoms with Gasteiger partial charge in [-0.1, -0.05) is 47.6 Å². The Bertz CT molecular complexity index is 1220. The lowest BCUT2D eigenvalue weighted by molar-refractivity contribution is -0.274. The quantitative estimate of drug-likeness (QED) is 0.488. The van der Waals surface area contributed by atoms with Crippen molar-refractivity contribution >= 4 is 22.7 Å². The van der Waals surface area contributed by atoms with Crippen LogP contribution in [0.5, 0.6) is 5.75 Å². The minimum Gasteiger partial charge on any atom is -0.404 e. The largest absolute Gasteiger partial charge is 0.573 e. The first-order valence-corrected chi connectivity index (χ1v) is 8.80. The van der Waals surface area contributed by atoms with E-state index < -0.39 is 18.0 Å². The van der Waals surface area contributed by atoms with Crippen LogP contribution in [0, 0.1) is 6.92 Å². The van der Waals surface area contributed by atoms with Crippen molar-refractivity contribution in [3.05, 3.63) is 71.9 Å². The number of amides is 1. The van der Waals surface area contributed by atoms with Crippen LogP contribution in [0.15, 0.2) is 65.2 Å². The molecule has 0 spiro atoms. The van der Waals surface area contributed by atoms with E-state index in [4.69, 9.17) is 4.52 Å². The third kappa shape index (κ3) is 3.95. The molecule has 0 radical (unpaired) electrons. The number of hydrogen-bond donors (Lipinski definition) is 1. The number of rotatable bonds is 4. The molecule has 2 aromatic carbocycles. The lowest BCUT2D eigenvalue weighted by Gasteiger charge is -2.14. The van der Waals surface area contributed by atoms with E-state index >= 15 is 0 Å². The Labute approximate surface area is 168 Å². The maximum atomic E-state index is 13.0.